The van der Waals surface area contributed by atoms with Crippen molar-refractivity contribution in [2.45, 2.75) is 6.42 Å². The van der Waals surface area contributed by atoms with Gasteiger partial charge in [-0.05, 0) is 6.07 Å². The molecule has 0 saturated heterocycles. The SMILES string of the molecule is COCCOc1cccc(CC#N)c1OC. The van der Waals surface area contributed by atoms with Gasteiger partial charge >= 0.3 is 0 Å². The summed E-state index contributed by atoms with van der Waals surface area (Å²) >= 11 is 0. The molecule has 0 N–H and O–H groups in total. The Balaban J connectivity index is 2.82. The Bertz CT molecular complexity index is 371. The van der Waals surface area contributed by atoms with Gasteiger partial charge in [-0.2, -0.15) is 5.26 Å². The first-order chi connectivity index (χ1) is 7.83. The third kappa shape index (κ3) is 3.14. The molecular weight excluding hydrogens is 206 g/mol. The molecule has 1 rings (SSSR count). The molecule has 0 heterocycles. The summed E-state index contributed by atoms with van der Waals surface area (Å²) in [5.74, 6) is 1.27. The molecule has 0 atom stereocenters. The Morgan fingerprint density at radius 1 is 1.25 bits per heavy atom. The van der Waals surface area contributed by atoms with Crippen molar-refractivity contribution in [2.24, 2.45) is 0 Å². The highest BCUT2D eigenvalue weighted by Gasteiger charge is 2.09. The van der Waals surface area contributed by atoms with Crippen molar-refractivity contribution >= 4 is 0 Å². The lowest BCUT2D eigenvalue weighted by Crippen LogP contribution is -2.06. The summed E-state index contributed by atoms with van der Waals surface area (Å²) in [6.45, 7) is 0.981. The molecule has 0 aliphatic rings. The molecule has 86 valence electrons. The van der Waals surface area contributed by atoms with E-state index in [0.717, 1.165) is 5.56 Å². The Labute approximate surface area is 95.4 Å². The summed E-state index contributed by atoms with van der Waals surface area (Å²) < 4.78 is 15.6. The van der Waals surface area contributed by atoms with E-state index in [1.165, 1.54) is 0 Å². The minimum atomic E-state index is 0.310. The summed E-state index contributed by atoms with van der Waals surface area (Å²) in [4.78, 5) is 0. The molecule has 1 aromatic rings. The van der Waals surface area contributed by atoms with Gasteiger partial charge in [-0.15, -0.1) is 0 Å². The highest BCUT2D eigenvalue weighted by molar-refractivity contribution is 5.47. The largest absolute Gasteiger partial charge is 0.493 e. The molecule has 0 aromatic heterocycles. The van der Waals surface area contributed by atoms with Crippen LogP contribution in [0.1, 0.15) is 5.56 Å². The molecule has 0 spiro atoms. The predicted octanol–water partition coefficient (Wildman–Crippen LogP) is 1.79. The van der Waals surface area contributed by atoms with E-state index in [0.29, 0.717) is 31.1 Å². The van der Waals surface area contributed by atoms with E-state index in [1.807, 2.05) is 18.2 Å². The lowest BCUT2D eigenvalue weighted by atomic mass is 10.1. The zero-order valence-electron chi connectivity index (χ0n) is 9.53. The minimum absolute atomic E-state index is 0.310. The molecular formula is C12H15NO3. The van der Waals surface area contributed by atoms with Gasteiger partial charge < -0.3 is 14.2 Å². The van der Waals surface area contributed by atoms with Gasteiger partial charge in [-0.3, -0.25) is 0 Å². The van der Waals surface area contributed by atoms with Crippen LogP contribution in [0.2, 0.25) is 0 Å². The minimum Gasteiger partial charge on any atom is -0.493 e. The molecule has 0 fully saturated rings. The van der Waals surface area contributed by atoms with Gasteiger partial charge in [-0.25, -0.2) is 0 Å². The van der Waals surface area contributed by atoms with E-state index < -0.39 is 0 Å². The van der Waals surface area contributed by atoms with Crippen molar-refractivity contribution in [3.63, 3.8) is 0 Å². The second kappa shape index (κ2) is 6.70. The van der Waals surface area contributed by atoms with Gasteiger partial charge in [0.05, 0.1) is 26.2 Å². The number of hydrogen-bond donors (Lipinski definition) is 0. The van der Waals surface area contributed by atoms with E-state index in [-0.39, 0.29) is 0 Å². The van der Waals surface area contributed by atoms with E-state index >= 15 is 0 Å². The normalized spacial score (nSPS) is 9.56. The van der Waals surface area contributed by atoms with Crippen molar-refractivity contribution < 1.29 is 14.2 Å². The number of nitrogens with zero attached hydrogens (tertiary/aromatic N) is 1. The summed E-state index contributed by atoms with van der Waals surface area (Å²) in [5, 5.41) is 8.68. The standard InChI is InChI=1S/C12H15NO3/c1-14-8-9-16-11-5-3-4-10(6-7-13)12(11)15-2/h3-5H,6,8-9H2,1-2H3. The topological polar surface area (TPSA) is 51.5 Å². The Morgan fingerprint density at radius 2 is 2.06 bits per heavy atom. The molecule has 4 nitrogen and oxygen atoms in total. The molecule has 0 aliphatic heterocycles. The first-order valence-corrected chi connectivity index (χ1v) is 4.98. The van der Waals surface area contributed by atoms with E-state index in [2.05, 4.69) is 6.07 Å². The fraction of sp³-hybridized carbons (Fsp3) is 0.417. The molecule has 4 heteroatoms. The van der Waals surface area contributed by atoms with Crippen molar-refractivity contribution in [1.82, 2.24) is 0 Å². The van der Waals surface area contributed by atoms with Crippen LogP contribution in [0.25, 0.3) is 0 Å². The van der Waals surface area contributed by atoms with Crippen molar-refractivity contribution in [3.8, 4) is 17.6 Å². The van der Waals surface area contributed by atoms with Gasteiger partial charge in [0.1, 0.15) is 6.61 Å². The Hall–Kier alpha value is -1.73. The molecule has 0 bridgehead atoms. The molecule has 0 radical (unpaired) electrons. The number of ether oxygens (including phenoxy) is 3. The van der Waals surface area contributed by atoms with Gasteiger partial charge in [0.15, 0.2) is 11.5 Å². The molecule has 0 saturated carbocycles. The van der Waals surface area contributed by atoms with Crippen molar-refractivity contribution in [3.05, 3.63) is 23.8 Å². The van der Waals surface area contributed by atoms with Crippen LogP contribution < -0.4 is 9.47 Å². The lowest BCUT2D eigenvalue weighted by molar-refractivity contribution is 0.144. The van der Waals surface area contributed by atoms with Gasteiger partial charge in [0, 0.05) is 12.7 Å². The van der Waals surface area contributed by atoms with Crippen LogP contribution in [0, 0.1) is 11.3 Å². The predicted molar refractivity (Wildman–Crippen MR) is 59.7 cm³/mol. The number of para-hydroxylation sites is 1. The quantitative estimate of drug-likeness (QED) is 0.687. The fourth-order valence-corrected chi connectivity index (χ4v) is 1.37. The smallest absolute Gasteiger partial charge is 0.164 e. The number of rotatable bonds is 6. The van der Waals surface area contributed by atoms with Gasteiger partial charge in [0.2, 0.25) is 0 Å². The third-order valence-electron chi connectivity index (χ3n) is 2.08. The summed E-state index contributed by atoms with van der Waals surface area (Å²) in [5.41, 5.74) is 0.833. The summed E-state index contributed by atoms with van der Waals surface area (Å²) in [7, 11) is 3.19. The fourth-order valence-electron chi connectivity index (χ4n) is 1.37. The molecule has 1 aromatic carbocycles. The van der Waals surface area contributed by atoms with Crippen LogP contribution in [0.4, 0.5) is 0 Å². The number of hydrogen-bond acceptors (Lipinski definition) is 4. The van der Waals surface area contributed by atoms with Crippen molar-refractivity contribution in [1.29, 1.82) is 5.26 Å². The summed E-state index contributed by atoms with van der Waals surface area (Å²) in [6, 6.07) is 7.60. The zero-order valence-corrected chi connectivity index (χ0v) is 9.53. The van der Waals surface area contributed by atoms with Gasteiger partial charge in [0.25, 0.3) is 0 Å². The van der Waals surface area contributed by atoms with Crippen LogP contribution in [-0.2, 0) is 11.2 Å². The average Bonchev–Trinajstić information content (AvgIpc) is 2.30. The highest BCUT2D eigenvalue weighted by atomic mass is 16.5. The van der Waals surface area contributed by atoms with Crippen LogP contribution >= 0.6 is 0 Å². The maximum Gasteiger partial charge on any atom is 0.164 e. The average molecular weight is 221 g/mol. The second-order valence-corrected chi connectivity index (χ2v) is 3.12. The van der Waals surface area contributed by atoms with Crippen LogP contribution in [0.5, 0.6) is 11.5 Å². The van der Waals surface area contributed by atoms with Crippen LogP contribution in [0.3, 0.4) is 0 Å². The summed E-state index contributed by atoms with van der Waals surface area (Å²) in [6.07, 6.45) is 0.310. The molecule has 0 aliphatic carbocycles. The zero-order chi connectivity index (χ0) is 11.8. The van der Waals surface area contributed by atoms with E-state index in [1.54, 1.807) is 14.2 Å². The number of nitriles is 1. The van der Waals surface area contributed by atoms with Crippen LogP contribution in [-0.4, -0.2) is 27.4 Å². The maximum atomic E-state index is 8.68. The van der Waals surface area contributed by atoms with E-state index in [9.17, 15) is 0 Å². The maximum absolute atomic E-state index is 8.68. The van der Waals surface area contributed by atoms with Crippen LogP contribution in [0.15, 0.2) is 18.2 Å². The second-order valence-electron chi connectivity index (χ2n) is 3.12. The molecule has 0 unspecified atom stereocenters. The van der Waals surface area contributed by atoms with Gasteiger partial charge in [-0.1, -0.05) is 12.1 Å². The first kappa shape index (κ1) is 12.3. The third-order valence-corrected chi connectivity index (χ3v) is 2.08. The molecule has 0 amide bonds. The molecule has 16 heavy (non-hydrogen) atoms. The number of benzene rings is 1. The highest BCUT2D eigenvalue weighted by Crippen LogP contribution is 2.31. The first-order valence-electron chi connectivity index (χ1n) is 4.98. The monoisotopic (exact) mass is 221 g/mol. The number of methoxy groups -OCH3 is 2. The van der Waals surface area contributed by atoms with E-state index in [4.69, 9.17) is 19.5 Å². The Kier molecular flexibility index (Phi) is 5.17. The Morgan fingerprint density at radius 3 is 2.69 bits per heavy atom. The lowest BCUT2D eigenvalue weighted by Gasteiger charge is -2.12. The van der Waals surface area contributed by atoms with Crippen molar-refractivity contribution in [2.75, 3.05) is 27.4 Å².